The number of benzene rings is 1. The molecule has 2 N–H and O–H groups in total. The Balaban J connectivity index is 1.87. The standard InChI is InChI=1S/C13H16ClN3O/c1-10-3-4-13(12(14)7-10)15-8-11(18)9-17-6-2-5-16-17/h2-7,11,15,18H,8-9H2,1H3. The predicted octanol–water partition coefficient (Wildman–Crippen LogP) is 2.32. The van der Waals surface area contributed by atoms with Gasteiger partial charge in [-0.3, -0.25) is 4.68 Å². The van der Waals surface area contributed by atoms with Crippen molar-refractivity contribution in [1.82, 2.24) is 9.78 Å². The van der Waals surface area contributed by atoms with Crippen LogP contribution < -0.4 is 5.32 Å². The quantitative estimate of drug-likeness (QED) is 0.872. The highest BCUT2D eigenvalue weighted by Crippen LogP contribution is 2.22. The Kier molecular flexibility index (Phi) is 4.23. The summed E-state index contributed by atoms with van der Waals surface area (Å²) in [6.07, 6.45) is 3.00. The monoisotopic (exact) mass is 265 g/mol. The van der Waals surface area contributed by atoms with Crippen molar-refractivity contribution in [3.05, 3.63) is 47.2 Å². The molecule has 0 bridgehead atoms. The second-order valence-electron chi connectivity index (χ2n) is 4.25. The van der Waals surface area contributed by atoms with Gasteiger partial charge in [0, 0.05) is 18.9 Å². The highest BCUT2D eigenvalue weighted by molar-refractivity contribution is 6.33. The fourth-order valence-electron chi connectivity index (χ4n) is 1.68. The zero-order chi connectivity index (χ0) is 13.0. The fourth-order valence-corrected chi connectivity index (χ4v) is 1.98. The van der Waals surface area contributed by atoms with Crippen LogP contribution in [0.5, 0.6) is 0 Å². The van der Waals surface area contributed by atoms with E-state index < -0.39 is 6.10 Å². The molecule has 0 spiro atoms. The number of aryl methyl sites for hydroxylation is 1. The first-order valence-corrected chi connectivity index (χ1v) is 6.18. The van der Waals surface area contributed by atoms with Crippen molar-refractivity contribution in [3.8, 4) is 0 Å². The van der Waals surface area contributed by atoms with E-state index in [1.165, 1.54) is 0 Å². The summed E-state index contributed by atoms with van der Waals surface area (Å²) in [5.41, 5.74) is 1.95. The van der Waals surface area contributed by atoms with Gasteiger partial charge in [-0.05, 0) is 30.7 Å². The molecule has 0 aliphatic rings. The maximum atomic E-state index is 9.86. The van der Waals surface area contributed by atoms with E-state index >= 15 is 0 Å². The van der Waals surface area contributed by atoms with Gasteiger partial charge in [0.1, 0.15) is 0 Å². The van der Waals surface area contributed by atoms with Crippen LogP contribution in [0.25, 0.3) is 0 Å². The molecule has 96 valence electrons. The lowest BCUT2D eigenvalue weighted by atomic mass is 10.2. The van der Waals surface area contributed by atoms with Crippen LogP contribution in [-0.2, 0) is 6.54 Å². The molecule has 1 unspecified atom stereocenters. The number of aliphatic hydroxyl groups excluding tert-OH is 1. The van der Waals surface area contributed by atoms with Gasteiger partial charge in [-0.1, -0.05) is 17.7 Å². The lowest BCUT2D eigenvalue weighted by Crippen LogP contribution is -2.25. The van der Waals surface area contributed by atoms with E-state index in [1.807, 2.05) is 37.4 Å². The van der Waals surface area contributed by atoms with E-state index in [1.54, 1.807) is 10.9 Å². The van der Waals surface area contributed by atoms with E-state index in [9.17, 15) is 5.11 Å². The number of nitrogens with zero attached hydrogens (tertiary/aromatic N) is 2. The van der Waals surface area contributed by atoms with Crippen LogP contribution in [0.15, 0.2) is 36.7 Å². The lowest BCUT2D eigenvalue weighted by Gasteiger charge is -2.14. The summed E-state index contributed by atoms with van der Waals surface area (Å²) >= 11 is 6.09. The Morgan fingerprint density at radius 2 is 2.33 bits per heavy atom. The van der Waals surface area contributed by atoms with Gasteiger partial charge < -0.3 is 10.4 Å². The largest absolute Gasteiger partial charge is 0.389 e. The molecule has 0 aliphatic carbocycles. The number of hydrogen-bond donors (Lipinski definition) is 2. The molecule has 5 heteroatoms. The third-order valence-corrected chi connectivity index (χ3v) is 2.92. The Morgan fingerprint density at radius 3 is 3.00 bits per heavy atom. The number of aliphatic hydroxyl groups is 1. The normalized spacial score (nSPS) is 12.4. The molecule has 0 amide bonds. The number of nitrogens with one attached hydrogen (secondary N) is 1. The van der Waals surface area contributed by atoms with Gasteiger partial charge in [0.05, 0.1) is 23.4 Å². The van der Waals surface area contributed by atoms with Gasteiger partial charge >= 0.3 is 0 Å². The maximum Gasteiger partial charge on any atom is 0.0907 e. The molecule has 0 radical (unpaired) electrons. The van der Waals surface area contributed by atoms with Gasteiger partial charge in [-0.15, -0.1) is 0 Å². The van der Waals surface area contributed by atoms with Crippen LogP contribution in [-0.4, -0.2) is 27.5 Å². The van der Waals surface area contributed by atoms with Crippen molar-refractivity contribution in [2.75, 3.05) is 11.9 Å². The predicted molar refractivity (Wildman–Crippen MR) is 72.9 cm³/mol. The van der Waals surface area contributed by atoms with Crippen LogP contribution in [0.2, 0.25) is 5.02 Å². The molecule has 4 nitrogen and oxygen atoms in total. The van der Waals surface area contributed by atoms with Crippen molar-refractivity contribution < 1.29 is 5.11 Å². The molecule has 1 heterocycles. The minimum atomic E-state index is -0.512. The second-order valence-corrected chi connectivity index (χ2v) is 4.65. The average Bonchev–Trinajstić information content (AvgIpc) is 2.80. The third-order valence-electron chi connectivity index (χ3n) is 2.61. The zero-order valence-corrected chi connectivity index (χ0v) is 10.9. The average molecular weight is 266 g/mol. The Bertz CT molecular complexity index is 499. The number of halogens is 1. The third kappa shape index (κ3) is 3.48. The van der Waals surface area contributed by atoms with Gasteiger partial charge in [0.15, 0.2) is 0 Å². The van der Waals surface area contributed by atoms with E-state index in [4.69, 9.17) is 11.6 Å². The highest BCUT2D eigenvalue weighted by atomic mass is 35.5. The SMILES string of the molecule is Cc1ccc(NCC(O)Cn2cccn2)c(Cl)c1. The first kappa shape index (κ1) is 12.9. The minimum absolute atomic E-state index is 0.433. The molecule has 0 saturated carbocycles. The van der Waals surface area contributed by atoms with Gasteiger partial charge in [-0.25, -0.2) is 0 Å². The van der Waals surface area contributed by atoms with Crippen molar-refractivity contribution in [3.63, 3.8) is 0 Å². The fraction of sp³-hybridized carbons (Fsp3) is 0.308. The number of anilines is 1. The Labute approximate surface area is 111 Å². The summed E-state index contributed by atoms with van der Waals surface area (Å²) < 4.78 is 1.70. The molecule has 1 aromatic carbocycles. The van der Waals surface area contributed by atoms with E-state index in [-0.39, 0.29) is 0 Å². The minimum Gasteiger partial charge on any atom is -0.389 e. The molecule has 0 aliphatic heterocycles. The second kappa shape index (κ2) is 5.89. The lowest BCUT2D eigenvalue weighted by molar-refractivity contribution is 0.161. The van der Waals surface area contributed by atoms with Gasteiger partial charge in [-0.2, -0.15) is 5.10 Å². The molecule has 18 heavy (non-hydrogen) atoms. The van der Waals surface area contributed by atoms with Gasteiger partial charge in [0.25, 0.3) is 0 Å². The summed E-state index contributed by atoms with van der Waals surface area (Å²) in [4.78, 5) is 0. The molecular formula is C13H16ClN3O. The first-order chi connectivity index (χ1) is 8.65. The Hall–Kier alpha value is -1.52. The van der Waals surface area contributed by atoms with Crippen molar-refractivity contribution in [2.45, 2.75) is 19.6 Å². The van der Waals surface area contributed by atoms with Crippen molar-refractivity contribution in [2.24, 2.45) is 0 Å². The van der Waals surface area contributed by atoms with Crippen LogP contribution in [0.1, 0.15) is 5.56 Å². The molecule has 2 aromatic rings. The topological polar surface area (TPSA) is 50.1 Å². The summed E-state index contributed by atoms with van der Waals surface area (Å²) in [6.45, 7) is 2.88. The Morgan fingerprint density at radius 1 is 1.50 bits per heavy atom. The molecule has 1 atom stereocenters. The van der Waals surface area contributed by atoms with E-state index in [0.29, 0.717) is 18.1 Å². The van der Waals surface area contributed by atoms with E-state index in [0.717, 1.165) is 11.3 Å². The van der Waals surface area contributed by atoms with Crippen LogP contribution >= 0.6 is 11.6 Å². The molecule has 2 rings (SSSR count). The number of aromatic nitrogens is 2. The van der Waals surface area contributed by atoms with Crippen LogP contribution in [0, 0.1) is 6.92 Å². The molecule has 1 aromatic heterocycles. The molecular weight excluding hydrogens is 250 g/mol. The molecule has 0 saturated heterocycles. The number of hydrogen-bond acceptors (Lipinski definition) is 3. The number of rotatable bonds is 5. The van der Waals surface area contributed by atoms with Crippen LogP contribution in [0.4, 0.5) is 5.69 Å². The summed E-state index contributed by atoms with van der Waals surface area (Å²) in [6, 6.07) is 7.62. The summed E-state index contributed by atoms with van der Waals surface area (Å²) in [5, 5.41) is 17.7. The van der Waals surface area contributed by atoms with Gasteiger partial charge in [0.2, 0.25) is 0 Å². The van der Waals surface area contributed by atoms with Crippen molar-refractivity contribution in [1.29, 1.82) is 0 Å². The maximum absolute atomic E-state index is 9.86. The first-order valence-electron chi connectivity index (χ1n) is 5.80. The molecule has 0 fully saturated rings. The van der Waals surface area contributed by atoms with Crippen LogP contribution in [0.3, 0.4) is 0 Å². The zero-order valence-electron chi connectivity index (χ0n) is 10.2. The smallest absolute Gasteiger partial charge is 0.0907 e. The van der Waals surface area contributed by atoms with E-state index in [2.05, 4.69) is 10.4 Å². The highest BCUT2D eigenvalue weighted by Gasteiger charge is 2.06. The van der Waals surface area contributed by atoms with Crippen molar-refractivity contribution >= 4 is 17.3 Å². The summed E-state index contributed by atoms with van der Waals surface area (Å²) in [7, 11) is 0. The summed E-state index contributed by atoms with van der Waals surface area (Å²) in [5.74, 6) is 0.